The minimum atomic E-state index is -0.197. The number of aromatic nitrogens is 4. The van der Waals surface area contributed by atoms with Crippen LogP contribution < -0.4 is 15.4 Å². The van der Waals surface area contributed by atoms with E-state index in [1.807, 2.05) is 48.5 Å². The minimum absolute atomic E-state index is 0.115. The highest BCUT2D eigenvalue weighted by molar-refractivity contribution is 6.36. The summed E-state index contributed by atoms with van der Waals surface area (Å²) in [5, 5.41) is 20.9. The van der Waals surface area contributed by atoms with Gasteiger partial charge in [0, 0.05) is 26.9 Å². The van der Waals surface area contributed by atoms with Crippen LogP contribution in [0.3, 0.4) is 0 Å². The van der Waals surface area contributed by atoms with Gasteiger partial charge in [0.25, 0.3) is 5.91 Å². The highest BCUT2D eigenvalue weighted by atomic mass is 35.5. The molecule has 0 radical (unpaired) electrons. The fourth-order valence-corrected chi connectivity index (χ4v) is 4.29. The van der Waals surface area contributed by atoms with Gasteiger partial charge in [-0.25, -0.2) is 5.10 Å². The van der Waals surface area contributed by atoms with Crippen molar-refractivity contribution in [1.29, 1.82) is 0 Å². The smallest absolute Gasteiger partial charge is 0.251 e. The van der Waals surface area contributed by atoms with E-state index in [0.29, 0.717) is 28.0 Å². The molecular weight excluding hydrogens is 511 g/mol. The van der Waals surface area contributed by atoms with Crippen molar-refractivity contribution in [2.45, 2.75) is 38.8 Å². The molecule has 3 N–H and O–H groups in total. The van der Waals surface area contributed by atoms with Crippen molar-refractivity contribution in [1.82, 2.24) is 25.9 Å². The van der Waals surface area contributed by atoms with E-state index >= 15 is 0 Å². The highest BCUT2D eigenvalue weighted by Crippen LogP contribution is 2.31. The zero-order valence-electron chi connectivity index (χ0n) is 20.4. The van der Waals surface area contributed by atoms with E-state index in [9.17, 15) is 4.79 Å². The molecule has 0 fully saturated rings. The van der Waals surface area contributed by atoms with Crippen molar-refractivity contribution in [3.8, 4) is 16.9 Å². The number of tetrazole rings is 1. The molecule has 3 aromatic carbocycles. The molecule has 0 aliphatic rings. The van der Waals surface area contributed by atoms with Crippen LogP contribution in [0.25, 0.3) is 11.1 Å². The summed E-state index contributed by atoms with van der Waals surface area (Å²) in [6, 6.07) is 20.8. The Morgan fingerprint density at radius 2 is 1.84 bits per heavy atom. The van der Waals surface area contributed by atoms with E-state index in [2.05, 4.69) is 38.2 Å². The fraction of sp³-hybridized carbons (Fsp3) is 0.259. The number of halogens is 2. The Labute approximate surface area is 225 Å². The lowest BCUT2D eigenvalue weighted by atomic mass is 10.1. The van der Waals surface area contributed by atoms with Gasteiger partial charge in [-0.15, -0.1) is 5.10 Å². The van der Waals surface area contributed by atoms with Crippen LogP contribution in [-0.4, -0.2) is 39.2 Å². The number of nitrogens with one attached hydrogen (secondary N) is 3. The number of anilines is 1. The topological polar surface area (TPSA) is 105 Å². The SMILES string of the molecule is CCCC[C@@H](COc1ccc(-c2ccc(Cl)cc2Cl)cc1)Nc1ccc(C(=O)NCc2nnn[nH]2)cc1. The number of carbonyl (C=O) groups excluding carboxylic acids is 1. The van der Waals surface area contributed by atoms with E-state index in [-0.39, 0.29) is 18.5 Å². The second-order valence-corrected chi connectivity index (χ2v) is 9.39. The first-order chi connectivity index (χ1) is 18.0. The average molecular weight is 539 g/mol. The van der Waals surface area contributed by atoms with Crippen LogP contribution >= 0.6 is 23.2 Å². The molecule has 8 nitrogen and oxygen atoms in total. The summed E-state index contributed by atoms with van der Waals surface area (Å²) in [7, 11) is 0. The van der Waals surface area contributed by atoms with Gasteiger partial charge in [-0.3, -0.25) is 4.79 Å². The number of benzene rings is 3. The second-order valence-electron chi connectivity index (χ2n) is 8.55. The lowest BCUT2D eigenvalue weighted by Crippen LogP contribution is -2.27. The molecule has 0 aliphatic heterocycles. The van der Waals surface area contributed by atoms with Gasteiger partial charge < -0.3 is 15.4 Å². The molecule has 1 atom stereocenters. The average Bonchev–Trinajstić information content (AvgIpc) is 3.43. The molecule has 0 spiro atoms. The predicted molar refractivity (Wildman–Crippen MR) is 146 cm³/mol. The Bertz CT molecular complexity index is 1280. The van der Waals surface area contributed by atoms with Crippen molar-refractivity contribution < 1.29 is 9.53 Å². The molecule has 0 unspecified atom stereocenters. The van der Waals surface area contributed by atoms with Gasteiger partial charge in [0.15, 0.2) is 5.82 Å². The van der Waals surface area contributed by atoms with Crippen molar-refractivity contribution in [2.24, 2.45) is 0 Å². The largest absolute Gasteiger partial charge is 0.491 e. The van der Waals surface area contributed by atoms with Crippen LogP contribution in [0.15, 0.2) is 66.7 Å². The Morgan fingerprint density at radius 1 is 1.05 bits per heavy atom. The van der Waals surface area contributed by atoms with Crippen LogP contribution in [0.2, 0.25) is 10.0 Å². The van der Waals surface area contributed by atoms with Crippen LogP contribution in [0.4, 0.5) is 5.69 Å². The monoisotopic (exact) mass is 538 g/mol. The number of amides is 1. The summed E-state index contributed by atoms with van der Waals surface area (Å²) >= 11 is 12.4. The quantitative estimate of drug-likeness (QED) is 0.199. The third kappa shape index (κ3) is 7.68. The Kier molecular flexibility index (Phi) is 9.35. The van der Waals surface area contributed by atoms with Gasteiger partial charge in [-0.2, -0.15) is 0 Å². The summed E-state index contributed by atoms with van der Waals surface area (Å²) in [5.41, 5.74) is 3.40. The Balaban J connectivity index is 1.33. The normalized spacial score (nSPS) is 11.6. The van der Waals surface area contributed by atoms with Crippen molar-refractivity contribution >= 4 is 34.8 Å². The molecular formula is C27H28Cl2N6O2. The summed E-state index contributed by atoms with van der Waals surface area (Å²) < 4.78 is 6.11. The first-order valence-electron chi connectivity index (χ1n) is 12.1. The molecule has 4 aromatic rings. The summed E-state index contributed by atoms with van der Waals surface area (Å²) in [4.78, 5) is 12.4. The first-order valence-corrected chi connectivity index (χ1v) is 12.8. The maximum absolute atomic E-state index is 12.4. The lowest BCUT2D eigenvalue weighted by molar-refractivity contribution is 0.0950. The number of H-pyrrole nitrogens is 1. The number of aromatic amines is 1. The number of nitrogens with zero attached hydrogens (tertiary/aromatic N) is 3. The summed E-state index contributed by atoms with van der Waals surface area (Å²) in [5.74, 6) is 1.08. The lowest BCUT2D eigenvalue weighted by Gasteiger charge is -2.21. The Morgan fingerprint density at radius 3 is 2.51 bits per heavy atom. The van der Waals surface area contributed by atoms with Crippen LogP contribution in [0, 0.1) is 0 Å². The van der Waals surface area contributed by atoms with Crippen LogP contribution in [0.5, 0.6) is 5.75 Å². The first kappa shape index (κ1) is 26.4. The minimum Gasteiger partial charge on any atom is -0.491 e. The van der Waals surface area contributed by atoms with Crippen molar-refractivity contribution in [3.63, 3.8) is 0 Å². The van der Waals surface area contributed by atoms with Crippen molar-refractivity contribution in [3.05, 3.63) is 88.2 Å². The molecule has 0 saturated carbocycles. The molecule has 1 heterocycles. The number of hydrogen-bond donors (Lipinski definition) is 3. The predicted octanol–water partition coefficient (Wildman–Crippen LogP) is 6.15. The van der Waals surface area contributed by atoms with Gasteiger partial charge in [0.2, 0.25) is 0 Å². The van der Waals surface area contributed by atoms with Crippen LogP contribution in [-0.2, 0) is 6.54 Å². The molecule has 192 valence electrons. The summed E-state index contributed by atoms with van der Waals surface area (Å²) in [6.45, 7) is 2.91. The molecule has 0 bridgehead atoms. The van der Waals surface area contributed by atoms with Gasteiger partial charge in [0.05, 0.1) is 12.6 Å². The third-order valence-electron chi connectivity index (χ3n) is 5.78. The number of rotatable bonds is 12. The molecule has 1 amide bonds. The van der Waals surface area contributed by atoms with E-state index in [4.69, 9.17) is 27.9 Å². The standard InChI is InChI=1S/C27H28Cl2N6O2/c1-2-3-4-22(17-37-23-12-7-18(8-13-23)24-14-9-20(28)15-25(24)29)31-21-10-5-19(6-11-21)27(36)30-16-26-32-34-35-33-26/h5-15,22,31H,2-4,16-17H2,1H3,(H,30,36)(H,32,33,34,35)/t22-/m0/s1. The number of carbonyl (C=O) groups is 1. The molecule has 37 heavy (non-hydrogen) atoms. The summed E-state index contributed by atoms with van der Waals surface area (Å²) in [6.07, 6.45) is 3.13. The molecule has 4 rings (SSSR count). The van der Waals surface area contributed by atoms with E-state index < -0.39 is 0 Å². The number of ether oxygens (including phenoxy) is 1. The maximum atomic E-state index is 12.4. The molecule has 1 aromatic heterocycles. The zero-order valence-corrected chi connectivity index (χ0v) is 21.9. The van der Waals surface area contributed by atoms with Crippen molar-refractivity contribution in [2.75, 3.05) is 11.9 Å². The fourth-order valence-electron chi connectivity index (χ4n) is 3.77. The van der Waals surface area contributed by atoms with Gasteiger partial charge in [0.1, 0.15) is 12.4 Å². The van der Waals surface area contributed by atoms with E-state index in [0.717, 1.165) is 41.8 Å². The van der Waals surface area contributed by atoms with Crippen LogP contribution in [0.1, 0.15) is 42.4 Å². The number of hydrogen-bond acceptors (Lipinski definition) is 6. The highest BCUT2D eigenvalue weighted by Gasteiger charge is 2.12. The van der Waals surface area contributed by atoms with Gasteiger partial charge in [-0.05, 0) is 70.9 Å². The van der Waals surface area contributed by atoms with E-state index in [1.165, 1.54) is 0 Å². The van der Waals surface area contributed by atoms with Gasteiger partial charge in [-0.1, -0.05) is 61.2 Å². The molecule has 0 aliphatic carbocycles. The molecule has 0 saturated heterocycles. The Hall–Kier alpha value is -3.62. The number of unbranched alkanes of at least 4 members (excludes halogenated alkanes) is 1. The third-order valence-corrected chi connectivity index (χ3v) is 6.33. The van der Waals surface area contributed by atoms with Gasteiger partial charge >= 0.3 is 0 Å². The van der Waals surface area contributed by atoms with E-state index in [1.54, 1.807) is 18.2 Å². The maximum Gasteiger partial charge on any atom is 0.251 e. The zero-order chi connectivity index (χ0) is 26.0. The second kappa shape index (κ2) is 13.1. The molecule has 10 heteroatoms.